The molecule has 2 aliphatic rings. The Kier molecular flexibility index (Phi) is 13.0. The van der Waals surface area contributed by atoms with Gasteiger partial charge in [-0.05, 0) is 43.1 Å². The van der Waals surface area contributed by atoms with Crippen molar-refractivity contribution in [1.29, 1.82) is 0 Å². The monoisotopic (exact) mass is 687 g/mol. The van der Waals surface area contributed by atoms with E-state index in [4.69, 9.17) is 0 Å². The van der Waals surface area contributed by atoms with Crippen molar-refractivity contribution >= 4 is 35.3 Å². The molecule has 1 aliphatic carbocycles. The summed E-state index contributed by atoms with van der Waals surface area (Å²) in [7, 11) is 0. The molecule has 7 atom stereocenters. The molecule has 5 amide bonds. The van der Waals surface area contributed by atoms with E-state index in [-0.39, 0.29) is 42.3 Å². The third-order valence-corrected chi connectivity index (χ3v) is 9.39. The van der Waals surface area contributed by atoms with Gasteiger partial charge in [0.15, 0.2) is 0 Å². The van der Waals surface area contributed by atoms with Crippen molar-refractivity contribution < 1.29 is 28.8 Å². The van der Waals surface area contributed by atoms with Crippen LogP contribution in [0.25, 0.3) is 0 Å². The van der Waals surface area contributed by atoms with Crippen LogP contribution in [-0.4, -0.2) is 80.9 Å². The van der Waals surface area contributed by atoms with Gasteiger partial charge < -0.3 is 26.2 Å². The van der Waals surface area contributed by atoms with E-state index < -0.39 is 65.5 Å². The molecule has 1 aliphatic heterocycles. The van der Waals surface area contributed by atoms with Crippen LogP contribution in [0.5, 0.6) is 0 Å². The van der Waals surface area contributed by atoms with Crippen LogP contribution in [0.3, 0.4) is 0 Å². The first-order valence-electron chi connectivity index (χ1n) is 17.4. The molecule has 13 heteroatoms. The van der Waals surface area contributed by atoms with Crippen LogP contribution in [0.1, 0.15) is 82.9 Å². The Morgan fingerprint density at radius 1 is 0.880 bits per heavy atom. The maximum Gasteiger partial charge on any atom is 0.290 e. The van der Waals surface area contributed by atoms with Crippen LogP contribution in [0, 0.1) is 23.7 Å². The molecule has 4 rings (SSSR count). The lowest BCUT2D eigenvalue weighted by atomic mass is 9.92. The van der Waals surface area contributed by atoms with Gasteiger partial charge in [0.1, 0.15) is 23.8 Å². The van der Waals surface area contributed by atoms with E-state index in [1.165, 1.54) is 23.5 Å². The average molecular weight is 688 g/mol. The molecule has 1 saturated heterocycles. The van der Waals surface area contributed by atoms with Gasteiger partial charge in [0.25, 0.3) is 11.8 Å². The molecule has 2 aromatic rings. The second-order valence-corrected chi connectivity index (χ2v) is 13.8. The number of nitrogens with zero attached hydrogens (tertiary/aromatic N) is 3. The zero-order valence-corrected chi connectivity index (χ0v) is 29.6. The van der Waals surface area contributed by atoms with Gasteiger partial charge in [-0.25, -0.2) is 4.98 Å². The Morgan fingerprint density at radius 3 is 2.20 bits per heavy atom. The van der Waals surface area contributed by atoms with E-state index in [2.05, 4.69) is 31.2 Å². The third-order valence-electron chi connectivity index (χ3n) is 9.39. The van der Waals surface area contributed by atoms with Gasteiger partial charge in [0, 0.05) is 24.9 Å². The van der Waals surface area contributed by atoms with Gasteiger partial charge in [-0.2, -0.15) is 0 Å². The number of ketones is 1. The van der Waals surface area contributed by atoms with Gasteiger partial charge in [0.2, 0.25) is 23.5 Å². The summed E-state index contributed by atoms with van der Waals surface area (Å²) >= 11 is 0. The van der Waals surface area contributed by atoms with Crippen molar-refractivity contribution in [3.63, 3.8) is 0 Å². The van der Waals surface area contributed by atoms with Crippen LogP contribution in [0.2, 0.25) is 0 Å². The molecule has 4 N–H and O–H groups in total. The first kappa shape index (κ1) is 37.9. The second-order valence-electron chi connectivity index (χ2n) is 13.8. The van der Waals surface area contributed by atoms with Crippen LogP contribution in [0.4, 0.5) is 0 Å². The van der Waals surface area contributed by atoms with Crippen LogP contribution in [0.15, 0.2) is 61.1 Å². The van der Waals surface area contributed by atoms with Gasteiger partial charge in [-0.3, -0.25) is 33.8 Å². The summed E-state index contributed by atoms with van der Waals surface area (Å²) < 4.78 is 0. The minimum Gasteiger partial charge on any atom is -0.344 e. The van der Waals surface area contributed by atoms with Crippen molar-refractivity contribution in [3.8, 4) is 0 Å². The number of likely N-dealkylation sites (tertiary alicyclic amines) is 1. The normalized spacial score (nSPS) is 20.4. The molecule has 1 fully saturated rings. The Morgan fingerprint density at radius 2 is 1.58 bits per heavy atom. The predicted octanol–water partition coefficient (Wildman–Crippen LogP) is 2.51. The van der Waals surface area contributed by atoms with E-state index in [1.807, 2.05) is 49.4 Å². The van der Waals surface area contributed by atoms with Crippen molar-refractivity contribution in [2.24, 2.45) is 23.7 Å². The van der Waals surface area contributed by atoms with E-state index in [0.717, 1.165) is 5.56 Å². The first-order valence-corrected chi connectivity index (χ1v) is 17.4. The lowest BCUT2D eigenvalue weighted by Gasteiger charge is -2.33. The number of hydrogen-bond donors (Lipinski definition) is 4. The van der Waals surface area contributed by atoms with E-state index in [1.54, 1.807) is 34.6 Å². The Balaban J connectivity index is 1.50. The standard InChI is InChI=1S/C37H49N7O6/c1-7-12-27(32(45)36(49)40-23(6)24-13-9-8-10-14-24)41-35(48)31-26-16-11-15-25(26)20-44(31)37(50)30(22(4)5)43-34(47)29(21(2)3)42-33(46)28-19-38-17-18-39-28/h8-11,13-15,17-19,21-23,25-27,29-31H,7,12,16,20H2,1-6H3,(H,40,49)(H,41,48)(H,42,46)(H,43,47)/t23-,25-,26-,27-,29-,30-,31-/m0/s1. The topological polar surface area (TPSA) is 180 Å². The van der Waals surface area contributed by atoms with Gasteiger partial charge >= 0.3 is 0 Å². The Labute approximate surface area is 293 Å². The van der Waals surface area contributed by atoms with Crippen molar-refractivity contribution in [1.82, 2.24) is 36.1 Å². The van der Waals surface area contributed by atoms with Crippen LogP contribution >= 0.6 is 0 Å². The van der Waals surface area contributed by atoms with E-state index in [0.29, 0.717) is 12.8 Å². The molecule has 1 aromatic carbocycles. The minimum absolute atomic E-state index is 0.0519. The van der Waals surface area contributed by atoms with Crippen molar-refractivity contribution in [2.45, 2.75) is 91.0 Å². The molecule has 0 saturated carbocycles. The number of Topliss-reactive ketones (excluding diaryl/α,β-unsaturated/α-hetero) is 1. The maximum absolute atomic E-state index is 14.3. The van der Waals surface area contributed by atoms with Gasteiger partial charge in [0.05, 0.1) is 18.3 Å². The number of amides is 5. The summed E-state index contributed by atoms with van der Waals surface area (Å²) in [6.45, 7) is 11.0. The van der Waals surface area contributed by atoms with Crippen LogP contribution in [-0.2, 0) is 24.0 Å². The molecular formula is C37H49N7O6. The number of allylic oxidation sites excluding steroid dienone is 1. The van der Waals surface area contributed by atoms with Crippen molar-refractivity contribution in [3.05, 3.63) is 72.3 Å². The largest absolute Gasteiger partial charge is 0.344 e. The zero-order chi connectivity index (χ0) is 36.5. The number of carbonyl (C=O) groups excluding carboxylic acids is 6. The Hall–Kier alpha value is -4.94. The second kappa shape index (κ2) is 17.1. The number of hydrogen-bond acceptors (Lipinski definition) is 8. The predicted molar refractivity (Wildman–Crippen MR) is 186 cm³/mol. The molecule has 1 aromatic heterocycles. The molecule has 50 heavy (non-hydrogen) atoms. The maximum atomic E-state index is 14.3. The summed E-state index contributed by atoms with van der Waals surface area (Å²) in [5, 5.41) is 11.1. The molecule has 0 radical (unpaired) electrons. The number of fused-ring (bicyclic) bond motifs is 1. The van der Waals surface area contributed by atoms with E-state index in [9.17, 15) is 28.8 Å². The molecule has 268 valence electrons. The molecule has 13 nitrogen and oxygen atoms in total. The highest BCUT2D eigenvalue weighted by molar-refractivity contribution is 6.38. The van der Waals surface area contributed by atoms with Crippen molar-refractivity contribution in [2.75, 3.05) is 6.54 Å². The Bertz CT molecular complexity index is 1560. The summed E-state index contributed by atoms with van der Waals surface area (Å²) in [5.74, 6) is -4.62. The SMILES string of the molecule is CCC[C@H](NC(=O)[C@@H]1[C@H]2CC=C[C@H]2CN1C(=O)[C@@H](NC(=O)[C@@H](NC(=O)c1cnccn1)C(C)C)C(C)C)C(=O)C(=O)N[C@@H](C)c1ccccc1. The highest BCUT2D eigenvalue weighted by Crippen LogP contribution is 2.39. The molecule has 0 bridgehead atoms. The quantitative estimate of drug-likeness (QED) is 0.163. The number of carbonyl (C=O) groups is 6. The molecule has 0 unspecified atom stereocenters. The average Bonchev–Trinajstić information content (AvgIpc) is 3.71. The lowest BCUT2D eigenvalue weighted by Crippen LogP contribution is -2.60. The fraction of sp³-hybridized carbons (Fsp3) is 0.514. The first-order chi connectivity index (χ1) is 23.8. The molecule has 2 heterocycles. The van der Waals surface area contributed by atoms with Gasteiger partial charge in [-0.15, -0.1) is 0 Å². The fourth-order valence-corrected chi connectivity index (χ4v) is 6.59. The number of rotatable bonds is 15. The summed E-state index contributed by atoms with van der Waals surface area (Å²) in [6.07, 6.45) is 9.43. The molecular weight excluding hydrogens is 638 g/mol. The lowest BCUT2D eigenvalue weighted by molar-refractivity contribution is -0.145. The highest BCUT2D eigenvalue weighted by Gasteiger charge is 2.50. The van der Waals surface area contributed by atoms with Gasteiger partial charge in [-0.1, -0.05) is 83.5 Å². The summed E-state index contributed by atoms with van der Waals surface area (Å²) in [5.41, 5.74) is 0.889. The summed E-state index contributed by atoms with van der Waals surface area (Å²) in [6, 6.07) is 4.85. The molecule has 0 spiro atoms. The van der Waals surface area contributed by atoms with Crippen LogP contribution < -0.4 is 21.3 Å². The smallest absolute Gasteiger partial charge is 0.290 e. The fourth-order valence-electron chi connectivity index (χ4n) is 6.59. The zero-order valence-electron chi connectivity index (χ0n) is 29.6. The highest BCUT2D eigenvalue weighted by atomic mass is 16.2. The summed E-state index contributed by atoms with van der Waals surface area (Å²) in [4.78, 5) is 90.6. The number of aromatic nitrogens is 2. The third kappa shape index (κ3) is 8.99. The minimum atomic E-state index is -1.08. The van der Waals surface area contributed by atoms with E-state index >= 15 is 0 Å². The number of nitrogens with one attached hydrogen (secondary N) is 4. The number of benzene rings is 1.